The predicted octanol–water partition coefficient (Wildman–Crippen LogP) is -0.243. The van der Waals surface area contributed by atoms with E-state index in [0.717, 1.165) is 19.0 Å². The molecule has 0 unspecified atom stereocenters. The van der Waals surface area contributed by atoms with Gasteiger partial charge < -0.3 is 10.6 Å². The SMILES string of the molecule is CC1CCN(C(N)=NCc2nnn(C)n2)CC1. The summed E-state index contributed by atoms with van der Waals surface area (Å²) in [5.41, 5.74) is 5.94. The Bertz CT molecular complexity index is 389. The highest BCUT2D eigenvalue weighted by molar-refractivity contribution is 5.78. The highest BCUT2D eigenvalue weighted by Gasteiger charge is 2.16. The van der Waals surface area contributed by atoms with Crippen LogP contribution in [0.25, 0.3) is 0 Å². The number of guanidine groups is 1. The van der Waals surface area contributed by atoms with E-state index in [0.29, 0.717) is 18.3 Å². The molecule has 1 saturated heterocycles. The van der Waals surface area contributed by atoms with Gasteiger partial charge in [0.15, 0.2) is 11.8 Å². The number of nitrogens with two attached hydrogens (primary N) is 1. The van der Waals surface area contributed by atoms with E-state index in [2.05, 4.69) is 32.2 Å². The lowest BCUT2D eigenvalue weighted by Crippen LogP contribution is -2.42. The molecule has 0 aliphatic carbocycles. The number of tetrazole rings is 1. The monoisotopic (exact) mass is 237 g/mol. The third kappa shape index (κ3) is 3.15. The van der Waals surface area contributed by atoms with E-state index in [1.165, 1.54) is 17.6 Å². The van der Waals surface area contributed by atoms with Gasteiger partial charge in [0, 0.05) is 13.1 Å². The second kappa shape index (κ2) is 5.11. The van der Waals surface area contributed by atoms with Crippen LogP contribution in [0.5, 0.6) is 0 Å². The Morgan fingerprint density at radius 2 is 2.18 bits per heavy atom. The van der Waals surface area contributed by atoms with Crippen molar-refractivity contribution < 1.29 is 0 Å². The second-order valence-corrected chi connectivity index (χ2v) is 4.54. The van der Waals surface area contributed by atoms with Gasteiger partial charge in [-0.05, 0) is 24.0 Å². The van der Waals surface area contributed by atoms with Crippen molar-refractivity contribution in [3.63, 3.8) is 0 Å². The zero-order valence-corrected chi connectivity index (χ0v) is 10.4. The van der Waals surface area contributed by atoms with E-state index >= 15 is 0 Å². The maximum atomic E-state index is 5.94. The molecule has 7 heteroatoms. The molecule has 0 spiro atoms. The van der Waals surface area contributed by atoms with Crippen LogP contribution in [0.2, 0.25) is 0 Å². The standard InChI is InChI=1S/C10H19N7/c1-8-3-5-17(6-4-8)10(11)12-7-9-13-15-16(2)14-9/h8H,3-7H2,1-2H3,(H2,11,12). The molecule has 0 atom stereocenters. The fraction of sp³-hybridized carbons (Fsp3) is 0.800. The van der Waals surface area contributed by atoms with Crippen LogP contribution in [0.3, 0.4) is 0 Å². The summed E-state index contributed by atoms with van der Waals surface area (Å²) in [5, 5.41) is 11.7. The number of hydrogen-bond donors (Lipinski definition) is 1. The summed E-state index contributed by atoms with van der Waals surface area (Å²) in [5.74, 6) is 1.98. The number of aromatic nitrogens is 4. The van der Waals surface area contributed by atoms with Crippen molar-refractivity contribution in [2.45, 2.75) is 26.3 Å². The van der Waals surface area contributed by atoms with E-state index < -0.39 is 0 Å². The topological polar surface area (TPSA) is 85.2 Å². The van der Waals surface area contributed by atoms with Crippen molar-refractivity contribution in [3.05, 3.63) is 5.82 Å². The number of aliphatic imine (C=N–C) groups is 1. The quantitative estimate of drug-likeness (QED) is 0.566. The Labute approximate surface area is 101 Å². The fourth-order valence-electron chi connectivity index (χ4n) is 1.88. The van der Waals surface area contributed by atoms with Gasteiger partial charge in [-0.25, -0.2) is 4.99 Å². The molecular weight excluding hydrogens is 218 g/mol. The minimum absolute atomic E-state index is 0.395. The van der Waals surface area contributed by atoms with E-state index in [-0.39, 0.29) is 0 Å². The normalized spacial score (nSPS) is 18.7. The van der Waals surface area contributed by atoms with Gasteiger partial charge >= 0.3 is 0 Å². The summed E-state index contributed by atoms with van der Waals surface area (Å²) in [4.78, 5) is 7.84. The number of rotatable bonds is 2. The molecule has 0 aromatic carbocycles. The van der Waals surface area contributed by atoms with Gasteiger partial charge in [-0.1, -0.05) is 6.92 Å². The summed E-state index contributed by atoms with van der Waals surface area (Å²) in [7, 11) is 1.73. The molecule has 1 aromatic rings. The largest absolute Gasteiger partial charge is 0.370 e. The van der Waals surface area contributed by atoms with Gasteiger partial charge in [0.05, 0.1) is 7.05 Å². The number of piperidine rings is 1. The lowest BCUT2D eigenvalue weighted by atomic mass is 10.00. The van der Waals surface area contributed by atoms with Gasteiger partial charge in [-0.15, -0.1) is 10.2 Å². The molecule has 1 aromatic heterocycles. The molecule has 1 aliphatic rings. The van der Waals surface area contributed by atoms with Crippen LogP contribution < -0.4 is 5.73 Å². The van der Waals surface area contributed by atoms with Crippen molar-refractivity contribution in [2.24, 2.45) is 23.7 Å². The number of aryl methyl sites for hydroxylation is 1. The highest BCUT2D eigenvalue weighted by Crippen LogP contribution is 2.15. The summed E-state index contributed by atoms with van der Waals surface area (Å²) < 4.78 is 0. The lowest BCUT2D eigenvalue weighted by Gasteiger charge is -2.30. The molecule has 17 heavy (non-hydrogen) atoms. The highest BCUT2D eigenvalue weighted by atomic mass is 15.6. The number of likely N-dealkylation sites (tertiary alicyclic amines) is 1. The van der Waals surface area contributed by atoms with E-state index in [1.54, 1.807) is 7.05 Å². The minimum Gasteiger partial charge on any atom is -0.370 e. The van der Waals surface area contributed by atoms with Crippen molar-refractivity contribution >= 4 is 5.96 Å². The average Bonchev–Trinajstić information content (AvgIpc) is 2.73. The van der Waals surface area contributed by atoms with Crippen LogP contribution in [0, 0.1) is 5.92 Å². The van der Waals surface area contributed by atoms with Gasteiger partial charge in [-0.2, -0.15) is 4.80 Å². The summed E-state index contributed by atoms with van der Waals surface area (Å²) in [6.45, 7) is 4.65. The zero-order valence-electron chi connectivity index (χ0n) is 10.4. The molecule has 1 fully saturated rings. The molecule has 7 nitrogen and oxygen atoms in total. The Kier molecular flexibility index (Phi) is 3.55. The van der Waals surface area contributed by atoms with Crippen molar-refractivity contribution in [1.29, 1.82) is 0 Å². The average molecular weight is 237 g/mol. The first-order valence-electron chi connectivity index (χ1n) is 5.93. The second-order valence-electron chi connectivity index (χ2n) is 4.54. The Hall–Kier alpha value is -1.66. The lowest BCUT2D eigenvalue weighted by molar-refractivity contribution is 0.277. The summed E-state index contributed by atoms with van der Waals surface area (Å²) in [6.07, 6.45) is 2.36. The third-order valence-corrected chi connectivity index (χ3v) is 3.04. The first kappa shape index (κ1) is 11.8. The zero-order chi connectivity index (χ0) is 12.3. The van der Waals surface area contributed by atoms with Crippen LogP contribution in [0.15, 0.2) is 4.99 Å². The maximum absolute atomic E-state index is 5.94. The molecule has 94 valence electrons. The van der Waals surface area contributed by atoms with Gasteiger partial charge in [0.1, 0.15) is 6.54 Å². The Balaban J connectivity index is 1.88. The fourth-order valence-corrected chi connectivity index (χ4v) is 1.88. The molecule has 2 N–H and O–H groups in total. The molecular formula is C10H19N7. The summed E-state index contributed by atoms with van der Waals surface area (Å²) in [6, 6.07) is 0. The molecule has 0 amide bonds. The first-order valence-corrected chi connectivity index (χ1v) is 5.93. The molecule has 0 radical (unpaired) electrons. The van der Waals surface area contributed by atoms with Gasteiger partial charge in [-0.3, -0.25) is 0 Å². The van der Waals surface area contributed by atoms with Crippen LogP contribution in [-0.4, -0.2) is 44.2 Å². The van der Waals surface area contributed by atoms with Gasteiger partial charge in [0.2, 0.25) is 0 Å². The number of nitrogens with zero attached hydrogens (tertiary/aromatic N) is 6. The smallest absolute Gasteiger partial charge is 0.196 e. The first-order chi connectivity index (χ1) is 8.15. The van der Waals surface area contributed by atoms with Crippen LogP contribution >= 0.6 is 0 Å². The maximum Gasteiger partial charge on any atom is 0.196 e. The third-order valence-electron chi connectivity index (χ3n) is 3.04. The molecule has 2 rings (SSSR count). The Morgan fingerprint density at radius 3 is 2.76 bits per heavy atom. The van der Waals surface area contributed by atoms with E-state index in [4.69, 9.17) is 5.73 Å². The van der Waals surface area contributed by atoms with Crippen LogP contribution in [0.1, 0.15) is 25.6 Å². The van der Waals surface area contributed by atoms with E-state index in [1.807, 2.05) is 0 Å². The van der Waals surface area contributed by atoms with Crippen LogP contribution in [-0.2, 0) is 13.6 Å². The van der Waals surface area contributed by atoms with Crippen molar-refractivity contribution in [2.75, 3.05) is 13.1 Å². The van der Waals surface area contributed by atoms with Crippen molar-refractivity contribution in [1.82, 2.24) is 25.1 Å². The predicted molar refractivity (Wildman–Crippen MR) is 64.1 cm³/mol. The molecule has 0 saturated carbocycles. The van der Waals surface area contributed by atoms with Crippen molar-refractivity contribution in [3.8, 4) is 0 Å². The number of hydrogen-bond acceptors (Lipinski definition) is 4. The molecule has 0 bridgehead atoms. The molecule has 1 aliphatic heterocycles. The Morgan fingerprint density at radius 1 is 1.47 bits per heavy atom. The minimum atomic E-state index is 0.395. The van der Waals surface area contributed by atoms with Crippen LogP contribution in [0.4, 0.5) is 0 Å². The molecule has 2 heterocycles. The summed E-state index contributed by atoms with van der Waals surface area (Å²) >= 11 is 0. The van der Waals surface area contributed by atoms with E-state index in [9.17, 15) is 0 Å². The van der Waals surface area contributed by atoms with Gasteiger partial charge in [0.25, 0.3) is 0 Å².